The minimum atomic E-state index is -0.541. The van der Waals surface area contributed by atoms with Crippen molar-refractivity contribution < 1.29 is 14.3 Å². The highest BCUT2D eigenvalue weighted by Gasteiger charge is 2.30. The van der Waals surface area contributed by atoms with Gasteiger partial charge in [0, 0.05) is 12.0 Å². The van der Waals surface area contributed by atoms with Crippen LogP contribution in [0.25, 0.3) is 11.2 Å². The monoisotopic (exact) mass is 535 g/mol. The quantitative estimate of drug-likeness (QED) is 0.351. The number of carbonyl (C=O) groups excluding carboxylic acids is 1. The summed E-state index contributed by atoms with van der Waals surface area (Å²) in [5.74, 6) is -0.141. The smallest absolute Gasteiger partial charge is 0.225 e. The van der Waals surface area contributed by atoms with E-state index in [0.29, 0.717) is 54.4 Å². The molecule has 2 fully saturated rings. The minimum Gasteiger partial charge on any atom is -0.391 e. The Balaban J connectivity index is 1.53. The standard InChI is InChI=1S/C24H28Cl2FN7O2/c25-15-9-13(27)10-16(26)20(15)32-24-31-18-11-29-23(30-17-3-1-2-4-19(17)35)33-22(18)34(24)14-7-5-12(6-8-14)21(28)36/h9-12,14,17,19,35H,1-8H2,(H2,28,36)(H,31,32)(H,29,30,33)/t12-,14+,17?,19-/m1/s1. The molecular formula is C24H28Cl2FN7O2. The van der Waals surface area contributed by atoms with E-state index in [-0.39, 0.29) is 34.0 Å². The molecule has 2 atom stereocenters. The number of aromatic nitrogens is 4. The Morgan fingerprint density at radius 3 is 2.44 bits per heavy atom. The van der Waals surface area contributed by atoms with E-state index in [1.807, 2.05) is 4.57 Å². The van der Waals surface area contributed by atoms with E-state index in [9.17, 15) is 14.3 Å². The van der Waals surface area contributed by atoms with Crippen LogP contribution in [-0.2, 0) is 4.79 Å². The molecule has 2 saturated carbocycles. The molecule has 1 unspecified atom stereocenters. The van der Waals surface area contributed by atoms with Crippen LogP contribution in [0, 0.1) is 11.7 Å². The lowest BCUT2D eigenvalue weighted by Crippen LogP contribution is -2.36. The molecule has 5 N–H and O–H groups in total. The highest BCUT2D eigenvalue weighted by Crippen LogP contribution is 2.39. The highest BCUT2D eigenvalue weighted by atomic mass is 35.5. The second-order valence-corrected chi connectivity index (χ2v) is 10.4. The first kappa shape index (κ1) is 25.0. The summed E-state index contributed by atoms with van der Waals surface area (Å²) in [6, 6.07) is 2.22. The highest BCUT2D eigenvalue weighted by molar-refractivity contribution is 6.39. The zero-order valence-corrected chi connectivity index (χ0v) is 21.1. The van der Waals surface area contributed by atoms with E-state index in [2.05, 4.69) is 15.6 Å². The summed E-state index contributed by atoms with van der Waals surface area (Å²) in [5, 5.41) is 17.1. The molecule has 1 aromatic carbocycles. The van der Waals surface area contributed by atoms with Crippen LogP contribution in [0.5, 0.6) is 0 Å². The molecule has 1 amide bonds. The predicted octanol–water partition coefficient (Wildman–Crippen LogP) is 4.95. The zero-order chi connectivity index (χ0) is 25.4. The maximum absolute atomic E-state index is 13.8. The van der Waals surface area contributed by atoms with Gasteiger partial charge in [0.2, 0.25) is 17.8 Å². The molecule has 5 rings (SSSR count). The van der Waals surface area contributed by atoms with Gasteiger partial charge in [-0.2, -0.15) is 4.98 Å². The number of nitrogens with one attached hydrogen (secondary N) is 2. The van der Waals surface area contributed by atoms with Gasteiger partial charge in [0.05, 0.1) is 34.1 Å². The summed E-state index contributed by atoms with van der Waals surface area (Å²) < 4.78 is 15.7. The van der Waals surface area contributed by atoms with Crippen LogP contribution in [0.3, 0.4) is 0 Å². The molecule has 36 heavy (non-hydrogen) atoms. The first-order valence-electron chi connectivity index (χ1n) is 12.2. The van der Waals surface area contributed by atoms with Crippen LogP contribution in [0.2, 0.25) is 10.0 Å². The topological polar surface area (TPSA) is 131 Å². The maximum atomic E-state index is 13.8. The van der Waals surface area contributed by atoms with Crippen LogP contribution >= 0.6 is 23.2 Å². The summed E-state index contributed by atoms with van der Waals surface area (Å²) >= 11 is 12.6. The summed E-state index contributed by atoms with van der Waals surface area (Å²) in [6.45, 7) is 0. The molecule has 3 aromatic rings. The van der Waals surface area contributed by atoms with Gasteiger partial charge < -0.3 is 21.5 Å². The van der Waals surface area contributed by atoms with Crippen molar-refractivity contribution in [3.8, 4) is 0 Å². The Hall–Kier alpha value is -2.69. The lowest BCUT2D eigenvalue weighted by atomic mass is 9.85. The number of rotatable bonds is 6. The lowest BCUT2D eigenvalue weighted by molar-refractivity contribution is -0.122. The number of aliphatic hydroxyl groups excluding tert-OH is 1. The van der Waals surface area contributed by atoms with Crippen LogP contribution in [-0.4, -0.2) is 42.7 Å². The van der Waals surface area contributed by atoms with Crippen molar-refractivity contribution in [1.82, 2.24) is 19.5 Å². The second-order valence-electron chi connectivity index (χ2n) is 9.59. The number of anilines is 3. The van der Waals surface area contributed by atoms with Gasteiger partial charge in [-0.3, -0.25) is 9.36 Å². The first-order chi connectivity index (χ1) is 17.3. The van der Waals surface area contributed by atoms with Crippen molar-refractivity contribution in [2.45, 2.75) is 69.6 Å². The van der Waals surface area contributed by atoms with E-state index in [1.54, 1.807) is 6.20 Å². The van der Waals surface area contributed by atoms with Crippen molar-refractivity contribution >= 4 is 57.9 Å². The first-order valence-corrected chi connectivity index (χ1v) is 13.0. The average molecular weight is 536 g/mol. The van der Waals surface area contributed by atoms with Crippen LogP contribution in [0.15, 0.2) is 18.3 Å². The van der Waals surface area contributed by atoms with Crippen LogP contribution < -0.4 is 16.4 Å². The van der Waals surface area contributed by atoms with Gasteiger partial charge in [-0.1, -0.05) is 36.0 Å². The third-order valence-corrected chi connectivity index (χ3v) is 7.78. The number of carbonyl (C=O) groups is 1. The molecular weight excluding hydrogens is 508 g/mol. The number of amides is 1. The molecule has 0 spiro atoms. The molecule has 0 bridgehead atoms. The number of nitrogens with two attached hydrogens (primary N) is 1. The Morgan fingerprint density at radius 1 is 1.08 bits per heavy atom. The Morgan fingerprint density at radius 2 is 1.78 bits per heavy atom. The lowest BCUT2D eigenvalue weighted by Gasteiger charge is -2.29. The molecule has 2 aliphatic rings. The summed E-state index contributed by atoms with van der Waals surface area (Å²) in [7, 11) is 0. The fourth-order valence-corrected chi connectivity index (χ4v) is 5.79. The van der Waals surface area contributed by atoms with Gasteiger partial charge in [-0.05, 0) is 50.7 Å². The third kappa shape index (κ3) is 5.07. The number of fused-ring (bicyclic) bond motifs is 1. The molecule has 0 aliphatic heterocycles. The molecule has 192 valence electrons. The second kappa shape index (κ2) is 10.4. The van der Waals surface area contributed by atoms with Gasteiger partial charge >= 0.3 is 0 Å². The Kier molecular flexibility index (Phi) is 7.18. The fraction of sp³-hybridized carbons (Fsp3) is 0.500. The zero-order valence-electron chi connectivity index (χ0n) is 19.6. The summed E-state index contributed by atoms with van der Waals surface area (Å²) in [4.78, 5) is 25.6. The van der Waals surface area contributed by atoms with Crippen molar-refractivity contribution in [2.75, 3.05) is 10.6 Å². The largest absolute Gasteiger partial charge is 0.391 e. The molecule has 0 radical (unpaired) electrons. The van der Waals surface area contributed by atoms with Crippen molar-refractivity contribution in [1.29, 1.82) is 0 Å². The van der Waals surface area contributed by atoms with E-state index in [4.69, 9.17) is 38.9 Å². The molecule has 0 saturated heterocycles. The predicted molar refractivity (Wildman–Crippen MR) is 137 cm³/mol. The van der Waals surface area contributed by atoms with E-state index >= 15 is 0 Å². The Labute approximate surface area is 217 Å². The molecule has 2 aliphatic carbocycles. The fourth-order valence-electron chi connectivity index (χ4n) is 5.23. The average Bonchev–Trinajstić information content (AvgIpc) is 3.20. The number of benzene rings is 1. The van der Waals surface area contributed by atoms with Gasteiger partial charge in [0.1, 0.15) is 11.3 Å². The molecule has 12 heteroatoms. The third-order valence-electron chi connectivity index (χ3n) is 7.18. The van der Waals surface area contributed by atoms with Crippen molar-refractivity contribution in [3.63, 3.8) is 0 Å². The van der Waals surface area contributed by atoms with Crippen molar-refractivity contribution in [2.24, 2.45) is 11.7 Å². The molecule has 2 heterocycles. The van der Waals surface area contributed by atoms with E-state index < -0.39 is 11.9 Å². The van der Waals surface area contributed by atoms with E-state index in [0.717, 1.165) is 25.7 Å². The number of nitrogens with zero attached hydrogens (tertiary/aromatic N) is 4. The number of imidazole rings is 1. The normalized spacial score (nSPS) is 24.6. The maximum Gasteiger partial charge on any atom is 0.225 e. The SMILES string of the molecule is NC(=O)[C@H]1CC[C@@H](n2c(Nc3c(Cl)cc(F)cc3Cl)nc3cnc(NC4CCCC[C@H]4O)nc32)CC1. The number of halogens is 3. The van der Waals surface area contributed by atoms with E-state index in [1.165, 1.54) is 12.1 Å². The van der Waals surface area contributed by atoms with Gasteiger partial charge in [-0.15, -0.1) is 0 Å². The van der Waals surface area contributed by atoms with Gasteiger partial charge in [-0.25, -0.2) is 14.4 Å². The number of aliphatic hydroxyl groups is 1. The summed E-state index contributed by atoms with van der Waals surface area (Å²) in [6.07, 6.45) is 7.51. The van der Waals surface area contributed by atoms with Crippen LogP contribution in [0.4, 0.5) is 22.0 Å². The molecule has 9 nitrogen and oxygen atoms in total. The minimum absolute atomic E-state index is 0.0193. The number of hydrogen-bond acceptors (Lipinski definition) is 7. The van der Waals surface area contributed by atoms with Gasteiger partial charge in [0.15, 0.2) is 5.65 Å². The van der Waals surface area contributed by atoms with Crippen LogP contribution in [0.1, 0.15) is 57.4 Å². The van der Waals surface area contributed by atoms with Gasteiger partial charge in [0.25, 0.3) is 0 Å². The van der Waals surface area contributed by atoms with Crippen molar-refractivity contribution in [3.05, 3.63) is 34.2 Å². The Bertz CT molecular complexity index is 1260. The number of hydrogen-bond donors (Lipinski definition) is 4. The summed E-state index contributed by atoms with van der Waals surface area (Å²) in [5.41, 5.74) is 7.02. The molecule has 2 aromatic heterocycles. The number of primary amides is 1.